The van der Waals surface area contributed by atoms with Crippen molar-refractivity contribution in [2.45, 2.75) is 37.6 Å². The summed E-state index contributed by atoms with van der Waals surface area (Å²) in [5.74, 6) is 0. The lowest BCUT2D eigenvalue weighted by Gasteiger charge is -2.34. The van der Waals surface area contributed by atoms with Gasteiger partial charge in [0.1, 0.15) is 0 Å². The lowest BCUT2D eigenvalue weighted by atomic mass is 9.87. The van der Waals surface area contributed by atoms with Crippen LogP contribution in [0.25, 0.3) is 0 Å². The predicted molar refractivity (Wildman–Crippen MR) is 103 cm³/mol. The molecule has 1 aromatic carbocycles. The molecule has 6 heteroatoms. The first kappa shape index (κ1) is 19.0. The minimum atomic E-state index is -3.43. The van der Waals surface area contributed by atoms with Crippen molar-refractivity contribution in [3.63, 3.8) is 0 Å². The Morgan fingerprint density at radius 3 is 2.19 bits per heavy atom. The second-order valence-electron chi connectivity index (χ2n) is 7.82. The Hall–Kier alpha value is -1.76. The molecule has 0 bridgehead atoms. The van der Waals surface area contributed by atoms with E-state index in [0.717, 1.165) is 30.8 Å². The van der Waals surface area contributed by atoms with Gasteiger partial charge in [-0.25, -0.2) is 8.42 Å². The van der Waals surface area contributed by atoms with Crippen LogP contribution in [0.3, 0.4) is 0 Å². The van der Waals surface area contributed by atoms with Gasteiger partial charge in [0, 0.05) is 45.1 Å². The Morgan fingerprint density at radius 1 is 1.00 bits per heavy atom. The Kier molecular flexibility index (Phi) is 5.46. The van der Waals surface area contributed by atoms with Gasteiger partial charge in [-0.15, -0.1) is 0 Å². The van der Waals surface area contributed by atoms with Crippen LogP contribution >= 0.6 is 0 Å². The first-order valence-electron chi connectivity index (χ1n) is 8.99. The Bertz CT molecular complexity index is 820. The van der Waals surface area contributed by atoms with E-state index in [0.29, 0.717) is 18.0 Å². The highest BCUT2D eigenvalue weighted by molar-refractivity contribution is 7.89. The summed E-state index contributed by atoms with van der Waals surface area (Å²) in [6.07, 6.45) is 3.62. The van der Waals surface area contributed by atoms with Gasteiger partial charge >= 0.3 is 0 Å². The third kappa shape index (κ3) is 4.31. The molecule has 2 heterocycles. The van der Waals surface area contributed by atoms with E-state index in [1.54, 1.807) is 22.6 Å². The minimum Gasteiger partial charge on any atom is -0.296 e. The van der Waals surface area contributed by atoms with E-state index in [1.807, 2.05) is 30.5 Å². The molecule has 1 aromatic heterocycles. The van der Waals surface area contributed by atoms with Crippen LogP contribution in [0, 0.1) is 0 Å². The molecule has 0 spiro atoms. The SMILES string of the molecule is CC(C)(C)c1ccc(S(=O)(=O)N2CCN(Cc3cccnc3)CC2)cc1. The summed E-state index contributed by atoms with van der Waals surface area (Å²) >= 11 is 0. The van der Waals surface area contributed by atoms with E-state index in [4.69, 9.17) is 0 Å². The molecule has 0 N–H and O–H groups in total. The average molecular weight is 374 g/mol. The third-order valence-electron chi connectivity index (χ3n) is 4.82. The van der Waals surface area contributed by atoms with E-state index in [2.05, 4.69) is 30.7 Å². The number of nitrogens with zero attached hydrogens (tertiary/aromatic N) is 3. The highest BCUT2D eigenvalue weighted by Gasteiger charge is 2.28. The van der Waals surface area contributed by atoms with E-state index in [1.165, 1.54) is 0 Å². The van der Waals surface area contributed by atoms with Crippen molar-refractivity contribution >= 4 is 10.0 Å². The van der Waals surface area contributed by atoms with E-state index in [9.17, 15) is 8.42 Å². The van der Waals surface area contributed by atoms with Crippen molar-refractivity contribution in [2.24, 2.45) is 0 Å². The molecule has 1 saturated heterocycles. The zero-order chi connectivity index (χ0) is 18.8. The largest absolute Gasteiger partial charge is 0.296 e. The number of piperazine rings is 1. The predicted octanol–water partition coefficient (Wildman–Crippen LogP) is 2.89. The molecule has 2 aromatic rings. The summed E-state index contributed by atoms with van der Waals surface area (Å²) in [5, 5.41) is 0. The standard InChI is InChI=1S/C20H27N3O2S/c1-20(2,3)18-6-8-19(9-7-18)26(24,25)23-13-11-22(12-14-23)16-17-5-4-10-21-15-17/h4-10,15H,11-14,16H2,1-3H3. The number of rotatable bonds is 4. The number of pyridine rings is 1. The van der Waals surface area contributed by atoms with Crippen LogP contribution in [0.1, 0.15) is 31.9 Å². The highest BCUT2D eigenvalue weighted by atomic mass is 32.2. The quantitative estimate of drug-likeness (QED) is 0.827. The molecule has 140 valence electrons. The molecule has 0 amide bonds. The van der Waals surface area contributed by atoms with Gasteiger partial charge < -0.3 is 0 Å². The molecule has 1 fully saturated rings. The Labute approximate surface area is 156 Å². The molecule has 0 saturated carbocycles. The molecular formula is C20H27N3O2S. The Morgan fingerprint density at radius 2 is 1.65 bits per heavy atom. The second-order valence-corrected chi connectivity index (χ2v) is 9.75. The number of benzene rings is 1. The summed E-state index contributed by atoms with van der Waals surface area (Å²) in [6, 6.07) is 11.3. The maximum Gasteiger partial charge on any atom is 0.243 e. The molecule has 1 aliphatic heterocycles. The molecule has 5 nitrogen and oxygen atoms in total. The van der Waals surface area contributed by atoms with Gasteiger partial charge in [-0.3, -0.25) is 9.88 Å². The van der Waals surface area contributed by atoms with Crippen molar-refractivity contribution in [3.8, 4) is 0 Å². The van der Waals surface area contributed by atoms with Crippen molar-refractivity contribution in [1.29, 1.82) is 0 Å². The van der Waals surface area contributed by atoms with Crippen LogP contribution in [0.5, 0.6) is 0 Å². The van der Waals surface area contributed by atoms with E-state index >= 15 is 0 Å². The van der Waals surface area contributed by atoms with Gasteiger partial charge in [0.2, 0.25) is 10.0 Å². The van der Waals surface area contributed by atoms with Crippen LogP contribution < -0.4 is 0 Å². The van der Waals surface area contributed by atoms with Crippen molar-refractivity contribution in [3.05, 3.63) is 59.9 Å². The topological polar surface area (TPSA) is 53.5 Å². The average Bonchev–Trinajstić information content (AvgIpc) is 2.62. The number of hydrogen-bond acceptors (Lipinski definition) is 4. The smallest absolute Gasteiger partial charge is 0.243 e. The molecular weight excluding hydrogens is 346 g/mol. The fourth-order valence-corrected chi connectivity index (χ4v) is 4.58. The third-order valence-corrected chi connectivity index (χ3v) is 6.73. The van der Waals surface area contributed by atoms with Gasteiger partial charge in [-0.05, 0) is 34.7 Å². The van der Waals surface area contributed by atoms with Gasteiger partial charge in [-0.1, -0.05) is 39.0 Å². The fraction of sp³-hybridized carbons (Fsp3) is 0.450. The molecule has 26 heavy (non-hydrogen) atoms. The van der Waals surface area contributed by atoms with Crippen molar-refractivity contribution in [2.75, 3.05) is 26.2 Å². The molecule has 0 atom stereocenters. The summed E-state index contributed by atoms with van der Waals surface area (Å²) in [5.41, 5.74) is 2.31. The maximum absolute atomic E-state index is 12.9. The summed E-state index contributed by atoms with van der Waals surface area (Å²) < 4.78 is 27.4. The minimum absolute atomic E-state index is 0.0141. The van der Waals surface area contributed by atoms with Crippen LogP contribution in [-0.4, -0.2) is 48.8 Å². The monoisotopic (exact) mass is 373 g/mol. The number of aromatic nitrogens is 1. The molecule has 0 unspecified atom stereocenters. The summed E-state index contributed by atoms with van der Waals surface area (Å²) in [7, 11) is -3.43. The summed E-state index contributed by atoms with van der Waals surface area (Å²) in [4.78, 5) is 6.79. The molecule has 3 rings (SSSR count). The summed E-state index contributed by atoms with van der Waals surface area (Å²) in [6.45, 7) is 9.67. The fourth-order valence-electron chi connectivity index (χ4n) is 3.15. The van der Waals surface area contributed by atoms with Gasteiger partial charge in [0.05, 0.1) is 4.90 Å². The maximum atomic E-state index is 12.9. The lowest BCUT2D eigenvalue weighted by Crippen LogP contribution is -2.48. The van der Waals surface area contributed by atoms with E-state index < -0.39 is 10.0 Å². The van der Waals surface area contributed by atoms with Crippen LogP contribution in [-0.2, 0) is 22.0 Å². The second kappa shape index (κ2) is 7.47. The zero-order valence-corrected chi connectivity index (χ0v) is 16.5. The molecule has 0 aliphatic carbocycles. The van der Waals surface area contributed by atoms with Gasteiger partial charge in [0.15, 0.2) is 0 Å². The van der Waals surface area contributed by atoms with Gasteiger partial charge in [-0.2, -0.15) is 4.31 Å². The van der Waals surface area contributed by atoms with Crippen LogP contribution in [0.4, 0.5) is 0 Å². The van der Waals surface area contributed by atoms with Crippen molar-refractivity contribution in [1.82, 2.24) is 14.2 Å². The number of sulfonamides is 1. The van der Waals surface area contributed by atoms with Crippen molar-refractivity contribution < 1.29 is 8.42 Å². The zero-order valence-electron chi connectivity index (χ0n) is 15.7. The lowest BCUT2D eigenvalue weighted by molar-refractivity contribution is 0.181. The van der Waals surface area contributed by atoms with E-state index in [-0.39, 0.29) is 5.41 Å². The highest BCUT2D eigenvalue weighted by Crippen LogP contribution is 2.25. The molecule has 1 aliphatic rings. The normalized spacial score (nSPS) is 17.3. The number of hydrogen-bond donors (Lipinski definition) is 0. The first-order valence-corrected chi connectivity index (χ1v) is 10.4. The first-order chi connectivity index (χ1) is 12.3. The Balaban J connectivity index is 1.64. The molecule has 0 radical (unpaired) electrons. The van der Waals surface area contributed by atoms with Crippen LogP contribution in [0.15, 0.2) is 53.7 Å². The van der Waals surface area contributed by atoms with Gasteiger partial charge in [0.25, 0.3) is 0 Å². The van der Waals surface area contributed by atoms with Crippen LogP contribution in [0.2, 0.25) is 0 Å².